The number of hydrogen-bond donors (Lipinski definition) is 6. The molecule has 3 aromatic rings. The van der Waals surface area contributed by atoms with Gasteiger partial charge in [-0.2, -0.15) is 4.98 Å². The summed E-state index contributed by atoms with van der Waals surface area (Å²) in [5, 5.41) is 20.6. The Morgan fingerprint density at radius 1 is 1.41 bits per heavy atom. The first-order valence-electron chi connectivity index (χ1n) is 7.92. The number of thiophene rings is 1. The highest BCUT2D eigenvalue weighted by Crippen LogP contribution is 2.32. The minimum Gasteiger partial charge on any atom is -0.480 e. The van der Waals surface area contributed by atoms with E-state index in [9.17, 15) is 14.4 Å². The van der Waals surface area contributed by atoms with Crippen molar-refractivity contribution in [3.63, 3.8) is 0 Å². The van der Waals surface area contributed by atoms with Gasteiger partial charge in [0.2, 0.25) is 5.95 Å². The number of carbonyl (C=O) groups excluding carboxylic acids is 1. The summed E-state index contributed by atoms with van der Waals surface area (Å²) in [7, 11) is 0. The summed E-state index contributed by atoms with van der Waals surface area (Å²) in [6.07, 6.45) is 1.67. The zero-order chi connectivity index (χ0) is 19.7. The van der Waals surface area contributed by atoms with Crippen LogP contribution in [0.4, 0.5) is 5.95 Å². The van der Waals surface area contributed by atoms with Crippen molar-refractivity contribution in [2.24, 2.45) is 0 Å². The fourth-order valence-electron chi connectivity index (χ4n) is 2.70. The monoisotopic (exact) mass is 391 g/mol. The number of nitrogens with two attached hydrogens (primary N) is 1. The van der Waals surface area contributed by atoms with Gasteiger partial charge in [0.1, 0.15) is 5.65 Å². The van der Waals surface area contributed by atoms with E-state index in [4.69, 9.17) is 15.9 Å². The summed E-state index contributed by atoms with van der Waals surface area (Å²) in [6.45, 7) is 1.17. The van der Waals surface area contributed by atoms with Crippen LogP contribution >= 0.6 is 11.3 Å². The molecule has 0 aliphatic carbocycles. The number of aromatic amines is 2. The van der Waals surface area contributed by atoms with Crippen molar-refractivity contribution in [2.75, 3.05) is 12.3 Å². The average Bonchev–Trinajstić information content (AvgIpc) is 3.25. The predicted molar refractivity (Wildman–Crippen MR) is 98.9 cm³/mol. The SMILES string of the molecule is CC(c1ccc(C(=O)N[C@@H](CO)C(=O)O)s1)c1c[nH]c2nc(N)[nH]c(=O)c12. The predicted octanol–water partition coefficient (Wildman–Crippen LogP) is 0.222. The van der Waals surface area contributed by atoms with Gasteiger partial charge in [-0.05, 0) is 17.7 Å². The number of carboxylic acids is 1. The topological polar surface area (TPSA) is 174 Å². The lowest BCUT2D eigenvalue weighted by Crippen LogP contribution is -2.43. The number of nitrogens with one attached hydrogen (secondary N) is 3. The van der Waals surface area contributed by atoms with Crippen molar-refractivity contribution in [2.45, 2.75) is 18.9 Å². The normalized spacial score (nSPS) is 13.4. The molecule has 0 spiro atoms. The number of aromatic nitrogens is 3. The lowest BCUT2D eigenvalue weighted by Gasteiger charge is -2.10. The summed E-state index contributed by atoms with van der Waals surface area (Å²) in [6, 6.07) is 1.93. The highest BCUT2D eigenvalue weighted by Gasteiger charge is 2.23. The molecule has 0 radical (unpaired) electrons. The first-order chi connectivity index (χ1) is 12.8. The van der Waals surface area contributed by atoms with Gasteiger partial charge < -0.3 is 26.2 Å². The summed E-state index contributed by atoms with van der Waals surface area (Å²) >= 11 is 1.17. The Morgan fingerprint density at radius 2 is 2.15 bits per heavy atom. The van der Waals surface area contributed by atoms with Crippen LogP contribution in [0.25, 0.3) is 11.0 Å². The fraction of sp³-hybridized carbons (Fsp3) is 0.250. The van der Waals surface area contributed by atoms with Crippen LogP contribution in [0, 0.1) is 0 Å². The van der Waals surface area contributed by atoms with E-state index in [2.05, 4.69) is 20.3 Å². The first-order valence-corrected chi connectivity index (χ1v) is 8.74. The molecule has 0 aliphatic heterocycles. The molecule has 0 fully saturated rings. The zero-order valence-corrected chi connectivity index (χ0v) is 15.0. The van der Waals surface area contributed by atoms with E-state index in [0.717, 1.165) is 4.88 Å². The van der Waals surface area contributed by atoms with Crippen LogP contribution in [0.15, 0.2) is 23.1 Å². The zero-order valence-electron chi connectivity index (χ0n) is 14.1. The molecule has 0 saturated heterocycles. The molecule has 3 rings (SSSR count). The summed E-state index contributed by atoms with van der Waals surface area (Å²) in [5.74, 6) is -2.11. The van der Waals surface area contributed by atoms with Gasteiger partial charge in [0, 0.05) is 17.0 Å². The second-order valence-electron chi connectivity index (χ2n) is 5.89. The third-order valence-corrected chi connectivity index (χ3v) is 5.39. The van der Waals surface area contributed by atoms with Gasteiger partial charge in [0.15, 0.2) is 6.04 Å². The molecule has 11 heteroatoms. The van der Waals surface area contributed by atoms with E-state index < -0.39 is 24.5 Å². The van der Waals surface area contributed by atoms with Gasteiger partial charge in [-0.1, -0.05) is 6.92 Å². The molecule has 27 heavy (non-hydrogen) atoms. The Hall–Kier alpha value is -3.18. The Kier molecular flexibility index (Phi) is 4.97. The number of aliphatic hydroxyl groups excluding tert-OH is 1. The van der Waals surface area contributed by atoms with Crippen LogP contribution in [0.3, 0.4) is 0 Å². The molecule has 142 valence electrons. The van der Waals surface area contributed by atoms with Crippen molar-refractivity contribution in [3.05, 3.63) is 44.0 Å². The third-order valence-electron chi connectivity index (χ3n) is 4.12. The molecule has 7 N–H and O–H groups in total. The maximum Gasteiger partial charge on any atom is 0.328 e. The molecule has 10 nitrogen and oxygen atoms in total. The number of nitrogens with zero attached hydrogens (tertiary/aromatic N) is 1. The summed E-state index contributed by atoms with van der Waals surface area (Å²) in [5.41, 5.74) is 6.26. The van der Waals surface area contributed by atoms with Crippen molar-refractivity contribution in [1.29, 1.82) is 0 Å². The molecule has 3 heterocycles. The Bertz CT molecular complexity index is 1070. The van der Waals surface area contributed by atoms with E-state index in [1.807, 2.05) is 6.92 Å². The number of H-pyrrole nitrogens is 2. The molecule has 0 aliphatic rings. The van der Waals surface area contributed by atoms with Crippen LogP contribution in [0.2, 0.25) is 0 Å². The molecule has 1 amide bonds. The average molecular weight is 391 g/mol. The van der Waals surface area contributed by atoms with Crippen molar-refractivity contribution >= 4 is 40.2 Å². The van der Waals surface area contributed by atoms with Crippen LogP contribution in [0.5, 0.6) is 0 Å². The molecule has 0 bridgehead atoms. The molecule has 2 atom stereocenters. The number of hydrogen-bond acceptors (Lipinski definition) is 7. The molecule has 1 unspecified atom stereocenters. The van der Waals surface area contributed by atoms with Gasteiger partial charge in [-0.15, -0.1) is 11.3 Å². The van der Waals surface area contributed by atoms with Crippen LogP contribution in [-0.4, -0.2) is 49.7 Å². The molecule has 0 aromatic carbocycles. The second kappa shape index (κ2) is 7.21. The number of amides is 1. The smallest absolute Gasteiger partial charge is 0.328 e. The number of carbonyl (C=O) groups is 2. The van der Waals surface area contributed by atoms with Gasteiger partial charge in [0.05, 0.1) is 16.9 Å². The Labute approximate surface area is 156 Å². The van der Waals surface area contributed by atoms with E-state index in [1.54, 1.807) is 18.3 Å². The minimum absolute atomic E-state index is 0.0144. The second-order valence-corrected chi connectivity index (χ2v) is 7.00. The summed E-state index contributed by atoms with van der Waals surface area (Å²) in [4.78, 5) is 45.8. The van der Waals surface area contributed by atoms with Crippen molar-refractivity contribution in [1.82, 2.24) is 20.3 Å². The highest BCUT2D eigenvalue weighted by atomic mass is 32.1. The number of aliphatic hydroxyl groups is 1. The van der Waals surface area contributed by atoms with Crippen molar-refractivity contribution in [3.8, 4) is 0 Å². The molecular weight excluding hydrogens is 374 g/mol. The quantitative estimate of drug-likeness (QED) is 0.348. The first kappa shape index (κ1) is 18.6. The number of nitrogen functional groups attached to an aromatic ring is 1. The summed E-state index contributed by atoms with van der Waals surface area (Å²) < 4.78 is 0. The van der Waals surface area contributed by atoms with Crippen LogP contribution < -0.4 is 16.6 Å². The minimum atomic E-state index is -1.37. The molecule has 3 aromatic heterocycles. The van der Waals surface area contributed by atoms with Gasteiger partial charge in [-0.3, -0.25) is 14.6 Å². The number of aliphatic carboxylic acids is 1. The number of carboxylic acid groups (broad SMARTS) is 1. The lowest BCUT2D eigenvalue weighted by molar-refractivity contribution is -0.140. The third kappa shape index (κ3) is 3.55. The number of fused-ring (bicyclic) bond motifs is 1. The molecule has 0 saturated carbocycles. The molecular formula is C16H17N5O5S. The lowest BCUT2D eigenvalue weighted by atomic mass is 10.0. The largest absolute Gasteiger partial charge is 0.480 e. The van der Waals surface area contributed by atoms with Crippen molar-refractivity contribution < 1.29 is 19.8 Å². The fourth-order valence-corrected chi connectivity index (χ4v) is 3.68. The van der Waals surface area contributed by atoms with E-state index >= 15 is 0 Å². The Morgan fingerprint density at radius 3 is 2.81 bits per heavy atom. The van der Waals surface area contributed by atoms with E-state index in [0.29, 0.717) is 21.5 Å². The van der Waals surface area contributed by atoms with E-state index in [-0.39, 0.29) is 17.4 Å². The maximum absolute atomic E-state index is 12.2. The van der Waals surface area contributed by atoms with Gasteiger partial charge in [0.25, 0.3) is 11.5 Å². The van der Waals surface area contributed by atoms with Gasteiger partial charge in [-0.25, -0.2) is 4.79 Å². The highest BCUT2D eigenvalue weighted by molar-refractivity contribution is 7.14. The Balaban J connectivity index is 1.87. The maximum atomic E-state index is 12.2. The van der Waals surface area contributed by atoms with E-state index in [1.165, 1.54) is 11.3 Å². The van der Waals surface area contributed by atoms with Crippen LogP contribution in [0.1, 0.15) is 33.0 Å². The van der Waals surface area contributed by atoms with Crippen LogP contribution in [-0.2, 0) is 4.79 Å². The number of rotatable bonds is 6. The van der Waals surface area contributed by atoms with Gasteiger partial charge >= 0.3 is 5.97 Å². The number of anilines is 1. The standard InChI is InChI=1S/C16H17N5O5S/c1-6(7-4-18-12-11(7)14(24)21-16(17)20-12)9-2-3-10(27-9)13(23)19-8(5-22)15(25)26/h2-4,6,8,22H,5H2,1H3,(H,19,23)(H,25,26)(H4,17,18,20,21,24)/t6?,8-/m0/s1.